The van der Waals surface area contributed by atoms with Crippen molar-refractivity contribution in [1.29, 1.82) is 0 Å². The van der Waals surface area contributed by atoms with Crippen LogP contribution in [-0.4, -0.2) is 21.4 Å². The molecule has 6 nitrogen and oxygen atoms in total. The van der Waals surface area contributed by atoms with Crippen LogP contribution in [0.3, 0.4) is 0 Å². The van der Waals surface area contributed by atoms with Crippen LogP contribution in [-0.2, 0) is 17.8 Å². The first kappa shape index (κ1) is 15.9. The first-order valence-electron chi connectivity index (χ1n) is 8.99. The Morgan fingerprint density at radius 3 is 2.60 bits per heavy atom. The number of benzene rings is 1. The number of amides is 2. The Morgan fingerprint density at radius 1 is 1.04 bits per heavy atom. The predicted octanol–water partition coefficient (Wildman–Crippen LogP) is 2.45. The smallest absolute Gasteiger partial charge is 0.290 e. The number of aromatic nitrogens is 2. The molecule has 1 aliphatic heterocycles. The number of imidazole rings is 1. The lowest BCUT2D eigenvalue weighted by atomic mass is 10.1. The van der Waals surface area contributed by atoms with E-state index in [1.54, 1.807) is 0 Å². The summed E-state index contributed by atoms with van der Waals surface area (Å²) < 4.78 is 2.17. The highest BCUT2D eigenvalue weighted by molar-refractivity contribution is 5.95. The molecular formula is C19H22N4O2. The van der Waals surface area contributed by atoms with Gasteiger partial charge in [0, 0.05) is 18.0 Å². The number of hydrazine groups is 1. The third-order valence-corrected chi connectivity index (χ3v) is 4.86. The first-order valence-corrected chi connectivity index (χ1v) is 8.99. The number of hydrogen-bond donors (Lipinski definition) is 2. The summed E-state index contributed by atoms with van der Waals surface area (Å²) >= 11 is 0. The maximum absolute atomic E-state index is 12.6. The molecule has 25 heavy (non-hydrogen) atoms. The van der Waals surface area contributed by atoms with Crippen molar-refractivity contribution in [2.75, 3.05) is 0 Å². The van der Waals surface area contributed by atoms with E-state index in [0.717, 1.165) is 62.2 Å². The zero-order valence-electron chi connectivity index (χ0n) is 14.1. The van der Waals surface area contributed by atoms with E-state index in [-0.39, 0.29) is 17.7 Å². The normalized spacial score (nSPS) is 16.6. The van der Waals surface area contributed by atoms with Gasteiger partial charge in [-0.2, -0.15) is 0 Å². The van der Waals surface area contributed by atoms with Crippen molar-refractivity contribution in [1.82, 2.24) is 20.4 Å². The van der Waals surface area contributed by atoms with Crippen LogP contribution in [0.5, 0.6) is 0 Å². The van der Waals surface area contributed by atoms with Crippen molar-refractivity contribution < 1.29 is 9.59 Å². The second-order valence-electron chi connectivity index (χ2n) is 6.78. The second-order valence-corrected chi connectivity index (χ2v) is 6.78. The van der Waals surface area contributed by atoms with Gasteiger partial charge in [0.05, 0.1) is 5.69 Å². The van der Waals surface area contributed by atoms with Crippen molar-refractivity contribution in [3.63, 3.8) is 0 Å². The maximum Gasteiger partial charge on any atom is 0.290 e. The molecule has 0 radical (unpaired) electrons. The van der Waals surface area contributed by atoms with Crippen LogP contribution < -0.4 is 10.9 Å². The van der Waals surface area contributed by atoms with Crippen molar-refractivity contribution in [3.05, 3.63) is 41.7 Å². The minimum absolute atomic E-state index is 0.0549. The second kappa shape index (κ2) is 6.70. The zero-order chi connectivity index (χ0) is 17.2. The summed E-state index contributed by atoms with van der Waals surface area (Å²) in [5.74, 6) is 0.444. The van der Waals surface area contributed by atoms with Crippen LogP contribution in [0.1, 0.15) is 48.3 Å². The van der Waals surface area contributed by atoms with Gasteiger partial charge in [-0.25, -0.2) is 4.98 Å². The number of nitrogens with zero attached hydrogens (tertiary/aromatic N) is 2. The van der Waals surface area contributed by atoms with Gasteiger partial charge in [0.15, 0.2) is 5.69 Å². The van der Waals surface area contributed by atoms with Crippen LogP contribution >= 0.6 is 0 Å². The average Bonchev–Trinajstić information content (AvgIpc) is 3.46. The minimum Gasteiger partial charge on any atom is -0.327 e. The number of nitrogens with one attached hydrogen (secondary N) is 2. The molecule has 130 valence electrons. The minimum atomic E-state index is -0.332. The lowest BCUT2D eigenvalue weighted by Gasteiger charge is -2.09. The highest BCUT2D eigenvalue weighted by Crippen LogP contribution is 2.29. The molecule has 0 atom stereocenters. The van der Waals surface area contributed by atoms with E-state index >= 15 is 0 Å². The zero-order valence-corrected chi connectivity index (χ0v) is 14.1. The van der Waals surface area contributed by atoms with E-state index in [1.165, 1.54) is 0 Å². The molecule has 1 aromatic heterocycles. The van der Waals surface area contributed by atoms with Gasteiger partial charge in [-0.3, -0.25) is 20.4 Å². The molecule has 1 aliphatic carbocycles. The lowest BCUT2D eigenvalue weighted by Crippen LogP contribution is -2.42. The highest BCUT2D eigenvalue weighted by atomic mass is 16.2. The number of hydrogen-bond acceptors (Lipinski definition) is 3. The monoisotopic (exact) mass is 338 g/mol. The van der Waals surface area contributed by atoms with E-state index < -0.39 is 0 Å². The molecule has 2 amide bonds. The molecule has 1 saturated carbocycles. The topological polar surface area (TPSA) is 76.0 Å². The Morgan fingerprint density at radius 2 is 1.84 bits per heavy atom. The molecule has 0 bridgehead atoms. The molecular weight excluding hydrogens is 316 g/mol. The molecule has 4 rings (SSSR count). The number of rotatable bonds is 3. The van der Waals surface area contributed by atoms with Crippen molar-refractivity contribution in [2.24, 2.45) is 5.92 Å². The third kappa shape index (κ3) is 3.29. The lowest BCUT2D eigenvalue weighted by molar-refractivity contribution is -0.123. The molecule has 1 aromatic carbocycles. The van der Waals surface area contributed by atoms with Crippen molar-refractivity contribution >= 4 is 11.8 Å². The van der Waals surface area contributed by atoms with Crippen LogP contribution in [0.25, 0.3) is 11.4 Å². The van der Waals surface area contributed by atoms with Crippen molar-refractivity contribution in [3.8, 4) is 11.4 Å². The van der Waals surface area contributed by atoms with Gasteiger partial charge in [-0.05, 0) is 32.1 Å². The first-order chi connectivity index (χ1) is 12.2. The molecule has 2 aliphatic rings. The Bertz CT molecular complexity index is 793. The largest absolute Gasteiger partial charge is 0.327 e. The van der Waals surface area contributed by atoms with E-state index in [9.17, 15) is 9.59 Å². The van der Waals surface area contributed by atoms with Gasteiger partial charge in [0.2, 0.25) is 5.91 Å². The van der Waals surface area contributed by atoms with E-state index in [4.69, 9.17) is 0 Å². The van der Waals surface area contributed by atoms with Gasteiger partial charge in [0.25, 0.3) is 5.91 Å². The molecule has 2 heterocycles. The van der Waals surface area contributed by atoms with E-state index in [1.807, 2.05) is 30.3 Å². The van der Waals surface area contributed by atoms with Crippen molar-refractivity contribution in [2.45, 2.75) is 45.1 Å². The van der Waals surface area contributed by atoms with Crippen LogP contribution in [0.15, 0.2) is 30.3 Å². The Labute approximate surface area is 146 Å². The third-order valence-electron chi connectivity index (χ3n) is 4.86. The summed E-state index contributed by atoms with van der Waals surface area (Å²) in [5.41, 5.74) is 7.47. The summed E-state index contributed by atoms with van der Waals surface area (Å²) in [6.45, 7) is 0.869. The van der Waals surface area contributed by atoms with E-state index in [0.29, 0.717) is 5.69 Å². The summed E-state index contributed by atoms with van der Waals surface area (Å²) in [6, 6.07) is 9.94. The van der Waals surface area contributed by atoms with Gasteiger partial charge in [0.1, 0.15) is 5.82 Å². The summed E-state index contributed by atoms with van der Waals surface area (Å²) in [5, 5.41) is 0. The van der Waals surface area contributed by atoms with Crippen LogP contribution in [0, 0.1) is 5.92 Å². The Hall–Kier alpha value is -2.63. The van der Waals surface area contributed by atoms with Gasteiger partial charge in [-0.15, -0.1) is 0 Å². The molecule has 1 fully saturated rings. The van der Waals surface area contributed by atoms with Crippen LogP contribution in [0.2, 0.25) is 0 Å². The molecule has 2 aromatic rings. The number of carbonyl (C=O) groups is 2. The SMILES string of the molecule is O=C(NNC(=O)C1CC1)c1nc(-c2ccccc2)n2c1CCCCC2. The van der Waals surface area contributed by atoms with Gasteiger partial charge in [-0.1, -0.05) is 36.8 Å². The fourth-order valence-corrected chi connectivity index (χ4v) is 3.33. The molecule has 0 unspecified atom stereocenters. The summed E-state index contributed by atoms with van der Waals surface area (Å²) in [4.78, 5) is 29.0. The summed E-state index contributed by atoms with van der Waals surface area (Å²) in [6.07, 6.45) is 5.92. The quantitative estimate of drug-likeness (QED) is 0.844. The van der Waals surface area contributed by atoms with Gasteiger partial charge >= 0.3 is 0 Å². The molecule has 0 spiro atoms. The average molecular weight is 338 g/mol. The Kier molecular flexibility index (Phi) is 4.26. The number of carbonyl (C=O) groups excluding carboxylic acids is 2. The Balaban J connectivity index is 1.63. The molecule has 2 N–H and O–H groups in total. The number of fused-ring (bicyclic) bond motifs is 1. The molecule has 0 saturated heterocycles. The maximum atomic E-state index is 12.6. The predicted molar refractivity (Wildman–Crippen MR) is 93.6 cm³/mol. The summed E-state index contributed by atoms with van der Waals surface area (Å²) in [7, 11) is 0. The standard InChI is InChI=1S/C19H22N4O2/c24-18(14-10-11-14)21-22-19(25)16-15-9-5-2-6-12-23(15)17(20-16)13-7-3-1-4-8-13/h1,3-4,7-8,14H,2,5-6,9-12H2,(H,21,24)(H,22,25). The fraction of sp³-hybridized carbons (Fsp3) is 0.421. The van der Waals surface area contributed by atoms with Crippen LogP contribution in [0.4, 0.5) is 0 Å². The fourth-order valence-electron chi connectivity index (χ4n) is 3.33. The highest BCUT2D eigenvalue weighted by Gasteiger charge is 2.30. The van der Waals surface area contributed by atoms with Gasteiger partial charge < -0.3 is 4.57 Å². The van der Waals surface area contributed by atoms with E-state index in [2.05, 4.69) is 20.4 Å². The molecule has 6 heteroatoms.